The van der Waals surface area contributed by atoms with Crippen LogP contribution in [0.4, 0.5) is 0 Å². The van der Waals surface area contributed by atoms with E-state index in [0.29, 0.717) is 0 Å². The summed E-state index contributed by atoms with van der Waals surface area (Å²) in [5.41, 5.74) is 2.30. The number of aryl methyl sites for hydroxylation is 1. The van der Waals surface area contributed by atoms with Crippen LogP contribution in [0, 0.1) is 0 Å². The Labute approximate surface area is 182 Å². The third kappa shape index (κ3) is 5.12. The second kappa shape index (κ2) is 8.64. The molecule has 1 aromatic carbocycles. The number of ether oxygens (including phenoxy) is 3. The first-order valence-electron chi connectivity index (χ1n) is 9.84. The average Bonchev–Trinajstić information content (AvgIpc) is 3.13. The summed E-state index contributed by atoms with van der Waals surface area (Å²) in [6.45, 7) is 10.2. The van der Waals surface area contributed by atoms with Gasteiger partial charge in [0.15, 0.2) is 16.7 Å². The van der Waals surface area contributed by atoms with E-state index in [-0.39, 0.29) is 5.60 Å². The van der Waals surface area contributed by atoms with Gasteiger partial charge in [-0.2, -0.15) is 0 Å². The smallest absolute Gasteiger partial charge is 0.246 e. The van der Waals surface area contributed by atoms with Crippen molar-refractivity contribution in [3.05, 3.63) is 29.6 Å². The first-order chi connectivity index (χ1) is 13.7. The lowest BCUT2D eigenvalue weighted by Crippen LogP contribution is -2.30. The Hall–Kier alpha value is -1.60. The highest BCUT2D eigenvalue weighted by atomic mass is 32.2. The number of fused-ring (bicyclic) bond motifs is 2. The van der Waals surface area contributed by atoms with Gasteiger partial charge in [0.25, 0.3) is 0 Å². The van der Waals surface area contributed by atoms with E-state index in [1.165, 1.54) is 11.1 Å². The van der Waals surface area contributed by atoms with Gasteiger partial charge >= 0.3 is 0 Å². The maximum Gasteiger partial charge on any atom is 0.246 e. The van der Waals surface area contributed by atoms with Crippen molar-refractivity contribution in [3.8, 4) is 17.2 Å². The zero-order valence-electron chi connectivity index (χ0n) is 18.3. The highest BCUT2D eigenvalue weighted by molar-refractivity contribution is 7.99. The van der Waals surface area contributed by atoms with Crippen LogP contribution in [0.25, 0.3) is 0 Å². The van der Waals surface area contributed by atoms with Crippen molar-refractivity contribution in [2.24, 2.45) is 0 Å². The number of aromatic nitrogens is 2. The molecule has 5 nitrogen and oxygen atoms in total. The molecule has 0 N–H and O–H groups in total. The third-order valence-electron chi connectivity index (χ3n) is 4.54. The minimum atomic E-state index is -0.586. The lowest BCUT2D eigenvalue weighted by molar-refractivity contribution is -0.0443. The number of nitrogens with zero attached hydrogens (tertiary/aromatic N) is 2. The lowest BCUT2D eigenvalue weighted by Gasteiger charge is -2.19. The number of hydrogen-bond acceptors (Lipinski definition) is 7. The zero-order valence-corrected chi connectivity index (χ0v) is 19.9. The molecule has 158 valence electrons. The van der Waals surface area contributed by atoms with Gasteiger partial charge in [0, 0.05) is 38.2 Å². The van der Waals surface area contributed by atoms with Crippen molar-refractivity contribution >= 4 is 23.5 Å². The minimum Gasteiger partial charge on any atom is -0.486 e. The Kier molecular flexibility index (Phi) is 6.58. The van der Waals surface area contributed by atoms with Gasteiger partial charge in [0.1, 0.15) is 11.4 Å². The molecular formula is C22H30N2O3S2. The normalized spacial score (nSPS) is 17.2. The summed E-state index contributed by atoms with van der Waals surface area (Å²) in [5, 5.41) is 0.852. The molecule has 7 heteroatoms. The van der Waals surface area contributed by atoms with Gasteiger partial charge in [-0.3, -0.25) is 0 Å². The minimum absolute atomic E-state index is 0.141. The molecule has 0 spiro atoms. The molecule has 0 unspecified atom stereocenters. The maximum absolute atomic E-state index is 6.05. The van der Waals surface area contributed by atoms with Gasteiger partial charge in [-0.15, -0.1) is 11.8 Å². The van der Waals surface area contributed by atoms with Crippen LogP contribution in [-0.4, -0.2) is 33.9 Å². The number of benzene rings is 1. The van der Waals surface area contributed by atoms with E-state index < -0.39 is 5.79 Å². The van der Waals surface area contributed by atoms with Crippen molar-refractivity contribution in [2.75, 3.05) is 12.5 Å². The molecule has 0 atom stereocenters. The third-order valence-corrected chi connectivity index (χ3v) is 5.89. The first kappa shape index (κ1) is 22.1. The molecule has 4 rings (SSSR count). The fourth-order valence-corrected chi connectivity index (χ4v) is 4.42. The van der Waals surface area contributed by atoms with Crippen molar-refractivity contribution in [2.45, 2.75) is 75.3 Å². The van der Waals surface area contributed by atoms with E-state index in [9.17, 15) is 0 Å². The van der Waals surface area contributed by atoms with E-state index in [2.05, 4.69) is 36.8 Å². The molecule has 3 heterocycles. The zero-order chi connectivity index (χ0) is 21.2. The number of hydrogen-bond donors (Lipinski definition) is 0. The summed E-state index contributed by atoms with van der Waals surface area (Å²) < 4.78 is 17.8. The average molecular weight is 435 g/mol. The van der Waals surface area contributed by atoms with Crippen LogP contribution in [0.15, 0.2) is 28.5 Å². The lowest BCUT2D eigenvalue weighted by atomic mass is 10.0. The second-order valence-corrected chi connectivity index (χ2v) is 9.79. The number of thioether (sulfide) groups is 2. The van der Waals surface area contributed by atoms with Crippen molar-refractivity contribution in [1.29, 1.82) is 0 Å². The maximum atomic E-state index is 6.05. The molecule has 1 aromatic heterocycles. The highest BCUT2D eigenvalue weighted by Gasteiger charge is 2.40. The van der Waals surface area contributed by atoms with Crippen LogP contribution < -0.4 is 14.2 Å². The summed E-state index contributed by atoms with van der Waals surface area (Å²) in [6.07, 6.45) is 11.0. The van der Waals surface area contributed by atoms with Gasteiger partial charge in [0.05, 0.1) is 4.90 Å². The molecule has 0 saturated carbocycles. The van der Waals surface area contributed by atoms with Gasteiger partial charge in [-0.25, -0.2) is 9.97 Å². The van der Waals surface area contributed by atoms with Gasteiger partial charge in [-0.1, -0.05) is 25.1 Å². The summed E-state index contributed by atoms with van der Waals surface area (Å²) in [7, 11) is 0. The van der Waals surface area contributed by atoms with Gasteiger partial charge < -0.3 is 14.2 Å². The largest absolute Gasteiger partial charge is 0.486 e. The summed E-state index contributed by atoms with van der Waals surface area (Å²) in [4.78, 5) is 9.39. The van der Waals surface area contributed by atoms with Crippen LogP contribution in [0.5, 0.6) is 17.2 Å². The van der Waals surface area contributed by atoms with Gasteiger partial charge in [0.2, 0.25) is 5.79 Å². The summed E-state index contributed by atoms with van der Waals surface area (Å²) >= 11 is 3.22. The Balaban J connectivity index is 0.000000188. The van der Waals surface area contributed by atoms with Crippen molar-refractivity contribution in [3.63, 3.8) is 0 Å². The second-order valence-electron chi connectivity index (χ2n) is 8.20. The summed E-state index contributed by atoms with van der Waals surface area (Å²) in [6, 6.07) is 2.06. The van der Waals surface area contributed by atoms with Crippen LogP contribution in [0.3, 0.4) is 0 Å². The topological polar surface area (TPSA) is 53.5 Å². The standard InChI is InChI=1S/C14H18O3S.C8H12N2S/c1-13(2)7-8-6-9-11(17-14(3,4)15-9)12(18-5)10(8)16-13;1-3-4-7-5-9-8(11-2)10-6-7/h6H,7H2,1-5H3;5-6H,3-4H2,1-2H3. The van der Waals surface area contributed by atoms with Crippen LogP contribution >= 0.6 is 23.5 Å². The predicted molar refractivity (Wildman–Crippen MR) is 120 cm³/mol. The summed E-state index contributed by atoms with van der Waals surface area (Å²) in [5.74, 6) is 2.04. The van der Waals surface area contributed by atoms with E-state index in [1.807, 2.05) is 38.8 Å². The van der Waals surface area contributed by atoms with Crippen LogP contribution in [0.1, 0.15) is 52.2 Å². The molecule has 0 aliphatic carbocycles. The van der Waals surface area contributed by atoms with E-state index >= 15 is 0 Å². The van der Waals surface area contributed by atoms with Crippen molar-refractivity contribution in [1.82, 2.24) is 9.97 Å². The fourth-order valence-electron chi connectivity index (χ4n) is 3.42. The Morgan fingerprint density at radius 3 is 2.24 bits per heavy atom. The van der Waals surface area contributed by atoms with Crippen molar-refractivity contribution < 1.29 is 14.2 Å². The van der Waals surface area contributed by atoms with Crippen LogP contribution in [0.2, 0.25) is 0 Å². The van der Waals surface area contributed by atoms with E-state index in [4.69, 9.17) is 14.2 Å². The number of rotatable bonds is 4. The molecule has 0 saturated heterocycles. The Morgan fingerprint density at radius 2 is 1.66 bits per heavy atom. The molecule has 0 bridgehead atoms. The molecule has 0 radical (unpaired) electrons. The predicted octanol–water partition coefficient (Wildman–Crippen LogP) is 5.78. The van der Waals surface area contributed by atoms with E-state index in [0.717, 1.165) is 46.6 Å². The first-order valence-corrected chi connectivity index (χ1v) is 12.3. The highest BCUT2D eigenvalue weighted by Crippen LogP contribution is 2.54. The molecule has 29 heavy (non-hydrogen) atoms. The SMILES string of the molecule is CCCc1cnc(SC)nc1.CSc1c2c(cc3c1OC(C)(C)O3)CC(C)(C)O2. The fraction of sp³-hybridized carbons (Fsp3) is 0.545. The molecule has 0 fully saturated rings. The van der Waals surface area contributed by atoms with E-state index in [1.54, 1.807) is 23.5 Å². The monoisotopic (exact) mass is 434 g/mol. The molecule has 2 aromatic rings. The molecular weight excluding hydrogens is 404 g/mol. The molecule has 2 aliphatic heterocycles. The van der Waals surface area contributed by atoms with Gasteiger partial charge in [-0.05, 0) is 44.4 Å². The molecule has 2 aliphatic rings. The van der Waals surface area contributed by atoms with Crippen LogP contribution in [-0.2, 0) is 12.8 Å². The quantitative estimate of drug-likeness (QED) is 0.446. The Morgan fingerprint density at radius 1 is 0.966 bits per heavy atom. The molecule has 0 amide bonds. The Bertz CT molecular complexity index is 825.